The first-order valence-corrected chi connectivity index (χ1v) is 12.3. The quantitative estimate of drug-likeness (QED) is 0.365. The molecule has 1 saturated heterocycles. The van der Waals surface area contributed by atoms with Gasteiger partial charge in [0, 0.05) is 31.9 Å². The van der Waals surface area contributed by atoms with Crippen LogP contribution in [0, 0.1) is 13.8 Å². The molecule has 1 fully saturated rings. The molecule has 1 aliphatic heterocycles. The summed E-state index contributed by atoms with van der Waals surface area (Å²) in [5, 5.41) is 6.07. The van der Waals surface area contributed by atoms with E-state index < -0.39 is 0 Å². The third-order valence-electron chi connectivity index (χ3n) is 6.85. The Labute approximate surface area is 211 Å². The van der Waals surface area contributed by atoms with E-state index in [9.17, 15) is 4.79 Å². The topological polar surface area (TPSA) is 68.0 Å². The number of benzene rings is 3. The first-order valence-electron chi connectivity index (χ1n) is 12.3. The summed E-state index contributed by atoms with van der Waals surface area (Å²) in [7, 11) is 1.67. The van der Waals surface area contributed by atoms with Gasteiger partial charge in [0.1, 0.15) is 23.9 Å². The number of aryl methyl sites for hydroxylation is 2. The average Bonchev–Trinajstić information content (AvgIpc) is 3.09. The summed E-state index contributed by atoms with van der Waals surface area (Å²) in [5.41, 5.74) is 3.43. The molecule has 0 saturated carbocycles. The van der Waals surface area contributed by atoms with Gasteiger partial charge in [0.05, 0.1) is 23.9 Å². The molecule has 1 aromatic heterocycles. The van der Waals surface area contributed by atoms with Crippen LogP contribution < -0.4 is 14.4 Å². The van der Waals surface area contributed by atoms with Crippen molar-refractivity contribution in [3.05, 3.63) is 83.2 Å². The summed E-state index contributed by atoms with van der Waals surface area (Å²) in [4.78, 5) is 18.1. The van der Waals surface area contributed by atoms with Crippen molar-refractivity contribution in [3.63, 3.8) is 0 Å². The van der Waals surface area contributed by atoms with Crippen LogP contribution in [0.4, 0.5) is 5.69 Å². The minimum atomic E-state index is -0.00824. The van der Waals surface area contributed by atoms with Crippen LogP contribution in [0.25, 0.3) is 10.8 Å². The summed E-state index contributed by atoms with van der Waals surface area (Å²) in [6.45, 7) is 7.06. The molecule has 0 aliphatic carbocycles. The van der Waals surface area contributed by atoms with E-state index in [0.717, 1.165) is 58.7 Å². The number of ether oxygens (including phenoxy) is 2. The predicted molar refractivity (Wildman–Crippen MR) is 140 cm³/mol. The maximum Gasteiger partial charge on any atom is 0.257 e. The van der Waals surface area contributed by atoms with Gasteiger partial charge >= 0.3 is 0 Å². The Morgan fingerprint density at radius 2 is 1.72 bits per heavy atom. The van der Waals surface area contributed by atoms with E-state index in [1.54, 1.807) is 7.11 Å². The summed E-state index contributed by atoms with van der Waals surface area (Å²) in [5.74, 6) is 2.14. The number of aromatic nitrogens is 1. The molecular formula is C29H31N3O4. The number of rotatable bonds is 6. The minimum absolute atomic E-state index is 0.00824. The molecule has 0 radical (unpaired) electrons. The van der Waals surface area contributed by atoms with Gasteiger partial charge in [0.2, 0.25) is 0 Å². The van der Waals surface area contributed by atoms with Gasteiger partial charge in [-0.05, 0) is 67.4 Å². The van der Waals surface area contributed by atoms with E-state index >= 15 is 0 Å². The van der Waals surface area contributed by atoms with Gasteiger partial charge in [-0.3, -0.25) is 4.79 Å². The molecule has 0 unspecified atom stereocenters. The molecule has 2 heterocycles. The van der Waals surface area contributed by atoms with Gasteiger partial charge in [-0.1, -0.05) is 29.4 Å². The van der Waals surface area contributed by atoms with Crippen LogP contribution >= 0.6 is 0 Å². The Balaban J connectivity index is 1.38. The standard InChI is InChI=1S/C29H31N3O4/c1-20-27(21(2)36-30-20)19-35-28-18-23-8-5-4-7-22(23)17-26(28)29(33)32-14-6-13-31(15-16-32)24-9-11-25(34-3)12-10-24/h4-5,7-12,17-18H,6,13-16,19H2,1-3H3. The van der Waals surface area contributed by atoms with Gasteiger partial charge in [-0.2, -0.15) is 0 Å². The highest BCUT2D eigenvalue weighted by Gasteiger charge is 2.24. The summed E-state index contributed by atoms with van der Waals surface area (Å²) >= 11 is 0. The lowest BCUT2D eigenvalue weighted by atomic mass is 10.0. The summed E-state index contributed by atoms with van der Waals surface area (Å²) in [6, 6.07) is 20.0. The second kappa shape index (κ2) is 10.3. The normalized spacial score (nSPS) is 14.1. The Morgan fingerprint density at radius 1 is 0.972 bits per heavy atom. The fraction of sp³-hybridized carbons (Fsp3) is 0.310. The van der Waals surface area contributed by atoms with E-state index in [4.69, 9.17) is 14.0 Å². The van der Waals surface area contributed by atoms with Crippen LogP contribution in [0.15, 0.2) is 65.2 Å². The number of hydrogen-bond acceptors (Lipinski definition) is 6. The van der Waals surface area contributed by atoms with E-state index in [2.05, 4.69) is 22.2 Å². The van der Waals surface area contributed by atoms with Crippen LogP contribution in [0.2, 0.25) is 0 Å². The molecule has 7 nitrogen and oxygen atoms in total. The number of anilines is 1. The largest absolute Gasteiger partial charge is 0.497 e. The van der Waals surface area contributed by atoms with Crippen molar-refractivity contribution in [2.45, 2.75) is 26.9 Å². The van der Waals surface area contributed by atoms with Crippen LogP contribution in [0.5, 0.6) is 11.5 Å². The fourth-order valence-corrected chi connectivity index (χ4v) is 4.71. The van der Waals surface area contributed by atoms with Crippen molar-refractivity contribution in [1.29, 1.82) is 0 Å². The molecule has 36 heavy (non-hydrogen) atoms. The van der Waals surface area contributed by atoms with Crippen molar-refractivity contribution in [2.75, 3.05) is 38.2 Å². The van der Waals surface area contributed by atoms with Gasteiger partial charge in [0.25, 0.3) is 5.91 Å². The zero-order chi connectivity index (χ0) is 25.1. The molecule has 0 atom stereocenters. The number of carbonyl (C=O) groups is 1. The molecule has 1 aliphatic rings. The average molecular weight is 486 g/mol. The van der Waals surface area contributed by atoms with Crippen LogP contribution in [-0.4, -0.2) is 49.3 Å². The lowest BCUT2D eigenvalue weighted by molar-refractivity contribution is 0.0762. The minimum Gasteiger partial charge on any atom is -0.497 e. The first kappa shape index (κ1) is 23.7. The molecular weight excluding hydrogens is 454 g/mol. The first-order chi connectivity index (χ1) is 17.5. The zero-order valence-electron chi connectivity index (χ0n) is 21.0. The van der Waals surface area contributed by atoms with Crippen LogP contribution in [-0.2, 0) is 6.61 Å². The molecule has 0 spiro atoms. The van der Waals surface area contributed by atoms with Crippen molar-refractivity contribution < 1.29 is 18.8 Å². The second-order valence-electron chi connectivity index (χ2n) is 9.12. The monoisotopic (exact) mass is 485 g/mol. The van der Waals surface area contributed by atoms with Crippen molar-refractivity contribution in [2.24, 2.45) is 0 Å². The lowest BCUT2D eigenvalue weighted by Crippen LogP contribution is -2.35. The van der Waals surface area contributed by atoms with E-state index in [-0.39, 0.29) is 5.91 Å². The molecule has 1 amide bonds. The highest BCUT2D eigenvalue weighted by Crippen LogP contribution is 2.29. The molecule has 5 rings (SSSR count). The molecule has 0 N–H and O–H groups in total. The molecule has 3 aromatic carbocycles. The SMILES string of the molecule is COc1ccc(N2CCCN(C(=O)c3cc4ccccc4cc3OCc3c(C)noc3C)CC2)cc1. The molecule has 186 valence electrons. The Hall–Kier alpha value is -4.00. The van der Waals surface area contributed by atoms with Crippen LogP contribution in [0.1, 0.15) is 33.8 Å². The predicted octanol–water partition coefficient (Wildman–Crippen LogP) is 5.38. The van der Waals surface area contributed by atoms with E-state index in [0.29, 0.717) is 31.0 Å². The smallest absolute Gasteiger partial charge is 0.257 e. The number of hydrogen-bond donors (Lipinski definition) is 0. The third-order valence-corrected chi connectivity index (χ3v) is 6.85. The zero-order valence-corrected chi connectivity index (χ0v) is 21.0. The van der Waals surface area contributed by atoms with Crippen molar-refractivity contribution in [1.82, 2.24) is 10.1 Å². The number of carbonyl (C=O) groups excluding carboxylic acids is 1. The molecule has 0 bridgehead atoms. The Kier molecular flexibility index (Phi) is 6.80. The lowest BCUT2D eigenvalue weighted by Gasteiger charge is -2.24. The maximum absolute atomic E-state index is 13.8. The molecule has 7 heteroatoms. The number of amides is 1. The number of fused-ring (bicyclic) bond motifs is 1. The van der Waals surface area contributed by atoms with E-state index in [1.807, 2.05) is 67.3 Å². The van der Waals surface area contributed by atoms with Gasteiger partial charge < -0.3 is 23.8 Å². The van der Waals surface area contributed by atoms with Crippen molar-refractivity contribution in [3.8, 4) is 11.5 Å². The van der Waals surface area contributed by atoms with Gasteiger partial charge in [-0.15, -0.1) is 0 Å². The summed E-state index contributed by atoms with van der Waals surface area (Å²) < 4.78 is 16.8. The van der Waals surface area contributed by atoms with Gasteiger partial charge in [-0.25, -0.2) is 0 Å². The fourth-order valence-electron chi connectivity index (χ4n) is 4.71. The van der Waals surface area contributed by atoms with Gasteiger partial charge in [0.15, 0.2) is 0 Å². The summed E-state index contributed by atoms with van der Waals surface area (Å²) in [6.07, 6.45) is 0.890. The van der Waals surface area contributed by atoms with E-state index in [1.165, 1.54) is 0 Å². The molecule has 4 aromatic rings. The van der Waals surface area contributed by atoms with Crippen molar-refractivity contribution >= 4 is 22.4 Å². The second-order valence-corrected chi connectivity index (χ2v) is 9.12. The Morgan fingerprint density at radius 3 is 2.42 bits per heavy atom. The highest BCUT2D eigenvalue weighted by molar-refractivity contribution is 6.01. The number of nitrogens with zero attached hydrogens (tertiary/aromatic N) is 3. The number of methoxy groups -OCH3 is 1. The third kappa shape index (κ3) is 4.87. The van der Waals surface area contributed by atoms with Crippen LogP contribution in [0.3, 0.4) is 0 Å². The highest BCUT2D eigenvalue weighted by atomic mass is 16.5. The maximum atomic E-state index is 13.8. The Bertz CT molecular complexity index is 1340.